The van der Waals surface area contributed by atoms with Crippen molar-refractivity contribution < 1.29 is 13.3 Å². The van der Waals surface area contributed by atoms with Crippen LogP contribution in [0, 0.1) is 11.6 Å². The molecular formula is C23H26F2N6O2. The van der Waals surface area contributed by atoms with Gasteiger partial charge in [0, 0.05) is 13.0 Å². The van der Waals surface area contributed by atoms with Crippen molar-refractivity contribution in [3.8, 4) is 0 Å². The molecule has 0 saturated heterocycles. The van der Waals surface area contributed by atoms with Gasteiger partial charge in [-0.05, 0) is 37.5 Å². The first-order valence-electron chi connectivity index (χ1n) is 10.6. The van der Waals surface area contributed by atoms with E-state index < -0.39 is 11.6 Å². The van der Waals surface area contributed by atoms with Crippen molar-refractivity contribution in [1.82, 2.24) is 29.2 Å². The number of rotatable bonds is 4. The van der Waals surface area contributed by atoms with Crippen LogP contribution >= 0.6 is 0 Å². The molecule has 0 amide bonds. The Morgan fingerprint density at radius 2 is 1.88 bits per heavy atom. The fourth-order valence-corrected chi connectivity index (χ4v) is 2.93. The minimum atomic E-state index is -0.828. The van der Waals surface area contributed by atoms with Gasteiger partial charge in [0.05, 0.1) is 6.33 Å². The summed E-state index contributed by atoms with van der Waals surface area (Å²) in [6.07, 6.45) is 5.25. The summed E-state index contributed by atoms with van der Waals surface area (Å²) in [7, 11) is 1.76. The van der Waals surface area contributed by atoms with Gasteiger partial charge in [-0.15, -0.1) is 0 Å². The van der Waals surface area contributed by atoms with Crippen molar-refractivity contribution in [1.29, 1.82) is 0 Å². The van der Waals surface area contributed by atoms with E-state index in [2.05, 4.69) is 26.7 Å². The Balaban J connectivity index is 0.000000201. The van der Waals surface area contributed by atoms with Gasteiger partial charge in [-0.3, -0.25) is 9.36 Å². The standard InChI is InChI=1S/C12H12N6O2.C9H8F2.C2H6/c1-17-5-13-11-9(17)12(19)18(6-14-11)4-8-15-10(16-20-8)7-2-3-7;1-6(2)7-3-4-8(10)9(11)5-7;1-2/h5-7H,2-4H2,1H3;3-5H,1H2,2H3;1-2H3. The van der Waals surface area contributed by atoms with Crippen LogP contribution in [0.3, 0.4) is 0 Å². The number of hydrogen-bond acceptors (Lipinski definition) is 6. The van der Waals surface area contributed by atoms with Gasteiger partial charge >= 0.3 is 0 Å². The van der Waals surface area contributed by atoms with E-state index in [-0.39, 0.29) is 12.1 Å². The second-order valence-electron chi connectivity index (χ2n) is 7.44. The summed E-state index contributed by atoms with van der Waals surface area (Å²) in [5, 5.41) is 3.93. The fraction of sp³-hybridized carbons (Fsp3) is 0.348. The lowest BCUT2D eigenvalue weighted by Gasteiger charge is -2.01. The van der Waals surface area contributed by atoms with Gasteiger partial charge in [-0.25, -0.2) is 18.7 Å². The number of nitrogens with zero attached hydrogens (tertiary/aromatic N) is 6. The maximum absolute atomic E-state index is 12.5. The molecule has 1 saturated carbocycles. The van der Waals surface area contributed by atoms with Gasteiger partial charge in [-0.2, -0.15) is 4.98 Å². The topological polar surface area (TPSA) is 91.6 Å². The molecule has 0 N–H and O–H groups in total. The van der Waals surface area contributed by atoms with Crippen LogP contribution in [0.15, 0.2) is 46.8 Å². The van der Waals surface area contributed by atoms with E-state index in [1.807, 2.05) is 13.8 Å². The van der Waals surface area contributed by atoms with Crippen LogP contribution in [0.4, 0.5) is 8.78 Å². The lowest BCUT2D eigenvalue weighted by molar-refractivity contribution is 0.364. The lowest BCUT2D eigenvalue weighted by Crippen LogP contribution is -2.22. The molecule has 0 spiro atoms. The van der Waals surface area contributed by atoms with Gasteiger partial charge in [0.2, 0.25) is 5.89 Å². The summed E-state index contributed by atoms with van der Waals surface area (Å²) in [4.78, 5) is 24.9. The highest BCUT2D eigenvalue weighted by atomic mass is 19.2. The maximum atomic E-state index is 12.5. The molecule has 1 aliphatic carbocycles. The number of imidazole rings is 1. The average Bonchev–Trinajstić information content (AvgIpc) is 3.43. The molecule has 0 unspecified atom stereocenters. The van der Waals surface area contributed by atoms with E-state index in [1.165, 1.54) is 17.0 Å². The second-order valence-corrected chi connectivity index (χ2v) is 7.44. The largest absolute Gasteiger partial charge is 0.337 e. The summed E-state index contributed by atoms with van der Waals surface area (Å²) in [6, 6.07) is 3.73. The Morgan fingerprint density at radius 1 is 1.18 bits per heavy atom. The van der Waals surface area contributed by atoms with Gasteiger partial charge in [0.15, 0.2) is 28.6 Å². The molecule has 33 heavy (non-hydrogen) atoms. The highest BCUT2D eigenvalue weighted by Gasteiger charge is 2.28. The van der Waals surface area contributed by atoms with E-state index >= 15 is 0 Å². The SMILES string of the molecule is C=C(C)c1ccc(F)c(F)c1.CC.Cn1cnc2ncn(Cc3nc(C4CC4)no3)c(=O)c21. The first-order chi connectivity index (χ1) is 15.8. The third-order valence-electron chi connectivity index (χ3n) is 4.84. The number of benzene rings is 1. The molecule has 174 valence electrons. The van der Waals surface area contributed by atoms with Gasteiger partial charge < -0.3 is 9.09 Å². The molecular weight excluding hydrogens is 430 g/mol. The second kappa shape index (κ2) is 10.3. The highest BCUT2D eigenvalue weighted by Crippen LogP contribution is 2.38. The van der Waals surface area contributed by atoms with E-state index in [1.54, 1.807) is 24.9 Å². The van der Waals surface area contributed by atoms with E-state index in [9.17, 15) is 13.6 Å². The van der Waals surface area contributed by atoms with Crippen molar-refractivity contribution in [3.63, 3.8) is 0 Å². The van der Waals surface area contributed by atoms with Crippen LogP contribution < -0.4 is 5.56 Å². The molecule has 1 aromatic carbocycles. The van der Waals surface area contributed by atoms with Crippen LogP contribution in [-0.4, -0.2) is 29.2 Å². The summed E-state index contributed by atoms with van der Waals surface area (Å²) in [5.74, 6) is -0.0534. The molecule has 8 nitrogen and oxygen atoms in total. The summed E-state index contributed by atoms with van der Waals surface area (Å²) in [6.45, 7) is 9.58. The molecule has 5 rings (SSSR count). The lowest BCUT2D eigenvalue weighted by atomic mass is 10.1. The first-order valence-corrected chi connectivity index (χ1v) is 10.6. The Morgan fingerprint density at radius 3 is 2.52 bits per heavy atom. The van der Waals surface area contributed by atoms with Crippen molar-refractivity contribution in [3.05, 3.63) is 76.7 Å². The highest BCUT2D eigenvalue weighted by molar-refractivity contribution is 5.68. The summed E-state index contributed by atoms with van der Waals surface area (Å²) in [5.41, 5.74) is 2.10. The van der Waals surface area contributed by atoms with Crippen LogP contribution in [0.25, 0.3) is 16.7 Å². The number of hydrogen-bond donors (Lipinski definition) is 0. The number of halogens is 2. The number of aryl methyl sites for hydroxylation is 1. The molecule has 1 aliphatic rings. The Labute approximate surface area is 189 Å². The van der Waals surface area contributed by atoms with Crippen molar-refractivity contribution in [2.75, 3.05) is 0 Å². The van der Waals surface area contributed by atoms with E-state index in [4.69, 9.17) is 4.52 Å². The molecule has 0 aliphatic heterocycles. The monoisotopic (exact) mass is 456 g/mol. The molecule has 3 aromatic heterocycles. The van der Waals surface area contributed by atoms with Gasteiger partial charge in [0.1, 0.15) is 12.9 Å². The Bertz CT molecular complexity index is 1320. The molecule has 4 aromatic rings. The quantitative estimate of drug-likeness (QED) is 0.450. The Kier molecular flexibility index (Phi) is 7.47. The summed E-state index contributed by atoms with van der Waals surface area (Å²) < 4.78 is 33.2. The van der Waals surface area contributed by atoms with Crippen LogP contribution in [0.1, 0.15) is 56.8 Å². The zero-order valence-electron chi connectivity index (χ0n) is 19.0. The molecule has 1 fully saturated rings. The number of allylic oxidation sites excluding steroid dienone is 1. The van der Waals surface area contributed by atoms with E-state index in [0.29, 0.717) is 28.5 Å². The van der Waals surface area contributed by atoms with E-state index in [0.717, 1.165) is 36.4 Å². The molecule has 0 atom stereocenters. The predicted octanol–water partition coefficient (Wildman–Crippen LogP) is 4.46. The third-order valence-corrected chi connectivity index (χ3v) is 4.84. The summed E-state index contributed by atoms with van der Waals surface area (Å²) >= 11 is 0. The predicted molar refractivity (Wildman–Crippen MR) is 121 cm³/mol. The van der Waals surface area contributed by atoms with Gasteiger partial charge in [-0.1, -0.05) is 37.2 Å². The third kappa shape index (κ3) is 5.57. The minimum absolute atomic E-state index is 0.166. The minimum Gasteiger partial charge on any atom is -0.337 e. The molecule has 0 radical (unpaired) electrons. The zero-order valence-corrected chi connectivity index (χ0v) is 19.0. The Hall–Kier alpha value is -3.69. The van der Waals surface area contributed by atoms with Crippen molar-refractivity contribution in [2.24, 2.45) is 7.05 Å². The first kappa shape index (κ1) is 24.0. The number of fused-ring (bicyclic) bond motifs is 1. The van der Waals surface area contributed by atoms with Crippen LogP contribution in [0.2, 0.25) is 0 Å². The smallest absolute Gasteiger partial charge is 0.280 e. The normalized spacial score (nSPS) is 12.5. The van der Waals surface area contributed by atoms with Gasteiger partial charge in [0.25, 0.3) is 5.56 Å². The van der Waals surface area contributed by atoms with Crippen LogP contribution in [0.5, 0.6) is 0 Å². The molecule has 3 heterocycles. The molecule has 0 bridgehead atoms. The molecule has 10 heteroatoms. The average molecular weight is 456 g/mol. The fourth-order valence-electron chi connectivity index (χ4n) is 2.93. The maximum Gasteiger partial charge on any atom is 0.280 e. The van der Waals surface area contributed by atoms with Crippen molar-refractivity contribution >= 4 is 16.7 Å². The number of aromatic nitrogens is 6. The zero-order chi connectivity index (χ0) is 24.1. The van der Waals surface area contributed by atoms with Crippen molar-refractivity contribution in [2.45, 2.75) is 46.1 Å². The van der Waals surface area contributed by atoms with Crippen LogP contribution in [-0.2, 0) is 13.6 Å².